The summed E-state index contributed by atoms with van der Waals surface area (Å²) in [5.41, 5.74) is 0. The fraction of sp³-hybridized carbons (Fsp3) is 0.250. The van der Waals surface area contributed by atoms with Crippen LogP contribution in [0.5, 0.6) is 11.5 Å². The second-order valence-electron chi connectivity index (χ2n) is 3.66. The maximum Gasteiger partial charge on any atom is 0.165 e. The lowest BCUT2D eigenvalue weighted by molar-refractivity contribution is 0.168. The van der Waals surface area contributed by atoms with Gasteiger partial charge in [-0.1, -0.05) is 18.2 Å². The number of rotatable bonds is 4. The van der Waals surface area contributed by atoms with E-state index in [4.69, 9.17) is 4.74 Å². The number of aliphatic hydroxyl groups is 1. The number of hydrogen-bond donors (Lipinski definition) is 1. The van der Waals surface area contributed by atoms with Crippen LogP contribution >= 0.6 is 0 Å². The molecule has 0 saturated carbocycles. The monoisotopic (exact) mass is 218 g/mol. The van der Waals surface area contributed by atoms with Crippen molar-refractivity contribution >= 4 is 0 Å². The zero-order valence-electron chi connectivity index (χ0n) is 9.08. The summed E-state index contributed by atoms with van der Waals surface area (Å²) in [6, 6.07) is 9.52. The van der Waals surface area contributed by atoms with Crippen molar-refractivity contribution in [3.63, 3.8) is 0 Å². The van der Waals surface area contributed by atoms with Gasteiger partial charge in [0, 0.05) is 0 Å². The fourth-order valence-corrected chi connectivity index (χ4v) is 1.39. The summed E-state index contributed by atoms with van der Waals surface area (Å²) in [4.78, 5) is 0. The lowest BCUT2D eigenvalue weighted by Gasteiger charge is -2.03. The summed E-state index contributed by atoms with van der Waals surface area (Å²) < 4.78 is 7.23. The largest absolute Gasteiger partial charge is 0.454 e. The van der Waals surface area contributed by atoms with Crippen LogP contribution in [0.2, 0.25) is 0 Å². The Hall–Kier alpha value is -1.81. The molecule has 1 unspecified atom stereocenters. The third kappa shape index (κ3) is 2.84. The van der Waals surface area contributed by atoms with Gasteiger partial charge >= 0.3 is 0 Å². The molecule has 0 radical (unpaired) electrons. The van der Waals surface area contributed by atoms with Crippen LogP contribution in [0.15, 0.2) is 42.7 Å². The van der Waals surface area contributed by atoms with Crippen molar-refractivity contribution in [3.05, 3.63) is 42.7 Å². The molecule has 0 aliphatic carbocycles. The van der Waals surface area contributed by atoms with Gasteiger partial charge in [-0.3, -0.25) is 4.68 Å². The predicted molar refractivity (Wildman–Crippen MR) is 60.4 cm³/mol. The van der Waals surface area contributed by atoms with E-state index in [-0.39, 0.29) is 0 Å². The molecule has 0 saturated heterocycles. The lowest BCUT2D eigenvalue weighted by atomic mass is 10.3. The second-order valence-corrected chi connectivity index (χ2v) is 3.66. The van der Waals surface area contributed by atoms with E-state index in [9.17, 15) is 5.11 Å². The average Bonchev–Trinajstić information content (AvgIpc) is 2.66. The average molecular weight is 218 g/mol. The minimum atomic E-state index is -0.413. The van der Waals surface area contributed by atoms with Gasteiger partial charge in [-0.25, -0.2) is 0 Å². The molecule has 16 heavy (non-hydrogen) atoms. The van der Waals surface area contributed by atoms with Gasteiger partial charge in [0.05, 0.1) is 25.0 Å². The molecule has 0 aliphatic heterocycles. The molecule has 1 aromatic carbocycles. The highest BCUT2D eigenvalue weighted by Gasteiger charge is 2.03. The highest BCUT2D eigenvalue weighted by molar-refractivity contribution is 5.27. The standard InChI is InChI=1S/C12H14N2O2/c1-10(15)8-14-9-12(7-13-14)16-11-5-3-2-4-6-11/h2-7,9-10,15H,8H2,1H3. The van der Waals surface area contributed by atoms with Crippen molar-refractivity contribution in [2.75, 3.05) is 0 Å². The van der Waals surface area contributed by atoms with Crippen LogP contribution < -0.4 is 4.74 Å². The molecule has 1 heterocycles. The second kappa shape index (κ2) is 4.81. The quantitative estimate of drug-likeness (QED) is 0.854. The number of aromatic nitrogens is 2. The maximum absolute atomic E-state index is 9.20. The van der Waals surface area contributed by atoms with Crippen molar-refractivity contribution in [2.24, 2.45) is 0 Å². The van der Waals surface area contributed by atoms with Crippen molar-refractivity contribution in [1.29, 1.82) is 0 Å². The molecular formula is C12H14N2O2. The predicted octanol–water partition coefficient (Wildman–Crippen LogP) is 2.06. The van der Waals surface area contributed by atoms with Crippen molar-refractivity contribution in [2.45, 2.75) is 19.6 Å². The van der Waals surface area contributed by atoms with E-state index in [0.717, 1.165) is 5.75 Å². The summed E-state index contributed by atoms with van der Waals surface area (Å²) in [6.45, 7) is 2.19. The smallest absolute Gasteiger partial charge is 0.165 e. The third-order valence-corrected chi connectivity index (χ3v) is 2.04. The van der Waals surface area contributed by atoms with E-state index in [1.54, 1.807) is 24.0 Å². The number of para-hydroxylation sites is 1. The zero-order valence-corrected chi connectivity index (χ0v) is 9.08. The highest BCUT2D eigenvalue weighted by atomic mass is 16.5. The molecule has 0 bridgehead atoms. The molecule has 0 aliphatic rings. The minimum absolute atomic E-state index is 0.413. The van der Waals surface area contributed by atoms with Gasteiger partial charge in [0.15, 0.2) is 5.75 Å². The Morgan fingerprint density at radius 2 is 2.06 bits per heavy atom. The molecule has 4 heteroatoms. The Morgan fingerprint density at radius 3 is 2.75 bits per heavy atom. The van der Waals surface area contributed by atoms with E-state index in [1.165, 1.54) is 0 Å². The van der Waals surface area contributed by atoms with Gasteiger partial charge in [0.25, 0.3) is 0 Å². The van der Waals surface area contributed by atoms with Crippen molar-refractivity contribution in [3.8, 4) is 11.5 Å². The van der Waals surface area contributed by atoms with Gasteiger partial charge in [-0.15, -0.1) is 0 Å². The molecule has 84 valence electrons. The van der Waals surface area contributed by atoms with E-state index >= 15 is 0 Å². The molecule has 2 aromatic rings. The first kappa shape index (κ1) is 10.7. The van der Waals surface area contributed by atoms with Gasteiger partial charge in [-0.05, 0) is 19.1 Å². The molecular weight excluding hydrogens is 204 g/mol. The van der Waals surface area contributed by atoms with Crippen LogP contribution in [-0.2, 0) is 6.54 Å². The first-order chi connectivity index (χ1) is 7.74. The Morgan fingerprint density at radius 1 is 1.31 bits per heavy atom. The Bertz CT molecular complexity index is 437. The van der Waals surface area contributed by atoms with Crippen LogP contribution in [0.25, 0.3) is 0 Å². The molecule has 0 spiro atoms. The first-order valence-corrected chi connectivity index (χ1v) is 5.17. The first-order valence-electron chi connectivity index (χ1n) is 5.17. The van der Waals surface area contributed by atoms with E-state index in [1.807, 2.05) is 30.3 Å². The van der Waals surface area contributed by atoms with Crippen LogP contribution in [0, 0.1) is 0 Å². The molecule has 0 fully saturated rings. The van der Waals surface area contributed by atoms with E-state index in [0.29, 0.717) is 12.3 Å². The summed E-state index contributed by atoms with van der Waals surface area (Å²) in [6.07, 6.45) is 2.99. The van der Waals surface area contributed by atoms with Crippen LogP contribution in [0.4, 0.5) is 0 Å². The maximum atomic E-state index is 9.20. The molecule has 1 atom stereocenters. The van der Waals surface area contributed by atoms with Gasteiger partial charge < -0.3 is 9.84 Å². The van der Waals surface area contributed by atoms with Gasteiger partial charge in [-0.2, -0.15) is 5.10 Å². The Balaban J connectivity index is 2.03. The molecule has 2 rings (SSSR count). The molecule has 1 aromatic heterocycles. The zero-order chi connectivity index (χ0) is 11.4. The molecule has 1 N–H and O–H groups in total. The summed E-state index contributed by atoms with van der Waals surface area (Å²) in [5.74, 6) is 1.45. The number of aliphatic hydroxyl groups excluding tert-OH is 1. The number of hydrogen-bond acceptors (Lipinski definition) is 3. The van der Waals surface area contributed by atoms with Gasteiger partial charge in [0.1, 0.15) is 5.75 Å². The Kier molecular flexibility index (Phi) is 3.22. The van der Waals surface area contributed by atoms with E-state index in [2.05, 4.69) is 5.10 Å². The molecule has 0 amide bonds. The van der Waals surface area contributed by atoms with Crippen molar-refractivity contribution in [1.82, 2.24) is 9.78 Å². The SMILES string of the molecule is CC(O)Cn1cc(Oc2ccccc2)cn1. The summed E-state index contributed by atoms with van der Waals surface area (Å²) >= 11 is 0. The highest BCUT2D eigenvalue weighted by Crippen LogP contribution is 2.19. The third-order valence-electron chi connectivity index (χ3n) is 2.04. The molecule has 4 nitrogen and oxygen atoms in total. The fourth-order valence-electron chi connectivity index (χ4n) is 1.39. The summed E-state index contributed by atoms with van der Waals surface area (Å²) in [7, 11) is 0. The van der Waals surface area contributed by atoms with Crippen molar-refractivity contribution < 1.29 is 9.84 Å². The number of ether oxygens (including phenoxy) is 1. The normalized spacial score (nSPS) is 12.4. The van der Waals surface area contributed by atoms with Crippen LogP contribution in [0.3, 0.4) is 0 Å². The summed E-state index contributed by atoms with van der Waals surface area (Å²) in [5, 5.41) is 13.3. The number of nitrogens with zero attached hydrogens (tertiary/aromatic N) is 2. The van der Waals surface area contributed by atoms with E-state index < -0.39 is 6.10 Å². The minimum Gasteiger partial charge on any atom is -0.454 e. The lowest BCUT2D eigenvalue weighted by Crippen LogP contribution is -2.11. The Labute approximate surface area is 94.1 Å². The van der Waals surface area contributed by atoms with Crippen LogP contribution in [0.1, 0.15) is 6.92 Å². The topological polar surface area (TPSA) is 47.3 Å². The van der Waals surface area contributed by atoms with Gasteiger partial charge in [0.2, 0.25) is 0 Å². The number of benzene rings is 1. The van der Waals surface area contributed by atoms with Crippen LogP contribution in [-0.4, -0.2) is 21.0 Å².